The highest BCUT2D eigenvalue weighted by atomic mass is 127. The first-order valence-corrected chi connectivity index (χ1v) is 10.8. The van der Waals surface area contributed by atoms with E-state index in [2.05, 4.69) is 25.8 Å². The molecular formula is C22H30ClIN6O. The number of rotatable bonds is 7. The lowest BCUT2D eigenvalue weighted by Crippen LogP contribution is -2.44. The van der Waals surface area contributed by atoms with Crippen LogP contribution in [0.25, 0.3) is 0 Å². The van der Waals surface area contributed by atoms with Crippen LogP contribution >= 0.6 is 35.6 Å². The molecule has 9 heteroatoms. The Morgan fingerprint density at radius 1 is 1.19 bits per heavy atom. The number of pyridine rings is 1. The smallest absolute Gasteiger partial charge is 0.251 e. The molecule has 168 valence electrons. The zero-order chi connectivity index (χ0) is 21.3. The van der Waals surface area contributed by atoms with Gasteiger partial charge in [-0.1, -0.05) is 23.7 Å². The standard InChI is InChI=1S/C22H29ClN6O.HI/c1-3-24-21(30)17-9-7-16(8-10-17)14-27-22(25-4-2)28-18-11-13-29(15-18)20-19(23)6-5-12-26-20;/h5-10,12,18H,3-4,11,13-15H2,1-2H3,(H,24,30)(H2,25,27,28);1H. The van der Waals surface area contributed by atoms with Gasteiger partial charge in [-0.05, 0) is 50.1 Å². The average molecular weight is 557 g/mol. The Morgan fingerprint density at radius 2 is 1.94 bits per heavy atom. The van der Waals surface area contributed by atoms with Crippen molar-refractivity contribution in [2.24, 2.45) is 4.99 Å². The number of aliphatic imine (C=N–C) groups is 1. The van der Waals surface area contributed by atoms with Crippen molar-refractivity contribution in [2.45, 2.75) is 32.9 Å². The van der Waals surface area contributed by atoms with Crippen LogP contribution in [0, 0.1) is 0 Å². The topological polar surface area (TPSA) is 81.6 Å². The van der Waals surface area contributed by atoms with Crippen LogP contribution < -0.4 is 20.9 Å². The van der Waals surface area contributed by atoms with Gasteiger partial charge in [0.2, 0.25) is 0 Å². The van der Waals surface area contributed by atoms with E-state index in [-0.39, 0.29) is 35.9 Å². The Labute approximate surface area is 206 Å². The van der Waals surface area contributed by atoms with Crippen LogP contribution in [-0.4, -0.2) is 49.1 Å². The molecule has 1 aromatic heterocycles. The third-order valence-electron chi connectivity index (χ3n) is 4.89. The summed E-state index contributed by atoms with van der Waals surface area (Å²) < 4.78 is 0. The van der Waals surface area contributed by atoms with E-state index >= 15 is 0 Å². The number of hydrogen-bond donors (Lipinski definition) is 3. The molecular weight excluding hydrogens is 527 g/mol. The molecule has 1 aliphatic heterocycles. The first-order chi connectivity index (χ1) is 14.6. The highest BCUT2D eigenvalue weighted by molar-refractivity contribution is 14.0. The molecule has 1 unspecified atom stereocenters. The molecule has 0 bridgehead atoms. The van der Waals surface area contributed by atoms with Gasteiger partial charge in [0.05, 0.1) is 11.6 Å². The minimum atomic E-state index is -0.0543. The largest absolute Gasteiger partial charge is 0.357 e. The molecule has 0 aliphatic carbocycles. The molecule has 1 aliphatic rings. The van der Waals surface area contributed by atoms with E-state index in [1.165, 1.54) is 0 Å². The van der Waals surface area contributed by atoms with Crippen LogP contribution in [0.15, 0.2) is 47.6 Å². The second-order valence-corrected chi connectivity index (χ2v) is 7.54. The predicted octanol–water partition coefficient (Wildman–Crippen LogP) is 3.44. The maximum absolute atomic E-state index is 11.9. The molecule has 2 heterocycles. The zero-order valence-corrected chi connectivity index (χ0v) is 21.0. The molecule has 0 spiro atoms. The minimum absolute atomic E-state index is 0. The van der Waals surface area contributed by atoms with E-state index in [1.54, 1.807) is 6.20 Å². The van der Waals surface area contributed by atoms with Gasteiger partial charge in [-0.15, -0.1) is 24.0 Å². The molecule has 31 heavy (non-hydrogen) atoms. The summed E-state index contributed by atoms with van der Waals surface area (Å²) in [6.45, 7) is 7.61. The van der Waals surface area contributed by atoms with Crippen LogP contribution in [0.3, 0.4) is 0 Å². The second-order valence-electron chi connectivity index (χ2n) is 7.14. The maximum Gasteiger partial charge on any atom is 0.251 e. The van der Waals surface area contributed by atoms with Crippen LogP contribution in [0.2, 0.25) is 5.02 Å². The first kappa shape index (κ1) is 25.2. The number of aromatic nitrogens is 1. The van der Waals surface area contributed by atoms with E-state index in [1.807, 2.05) is 50.2 Å². The number of benzene rings is 1. The minimum Gasteiger partial charge on any atom is -0.357 e. The number of halogens is 2. The van der Waals surface area contributed by atoms with Gasteiger partial charge in [0, 0.05) is 44.0 Å². The van der Waals surface area contributed by atoms with Crippen LogP contribution in [-0.2, 0) is 6.54 Å². The van der Waals surface area contributed by atoms with Crippen molar-refractivity contribution in [3.63, 3.8) is 0 Å². The number of guanidine groups is 1. The molecule has 3 rings (SSSR count). The van der Waals surface area contributed by atoms with E-state index in [4.69, 9.17) is 16.6 Å². The average Bonchev–Trinajstić information content (AvgIpc) is 3.21. The third-order valence-corrected chi connectivity index (χ3v) is 5.18. The van der Waals surface area contributed by atoms with E-state index in [0.717, 1.165) is 43.4 Å². The Hall–Kier alpha value is -2.07. The summed E-state index contributed by atoms with van der Waals surface area (Å²) in [4.78, 5) is 23.2. The molecule has 1 fully saturated rings. The number of hydrogen-bond acceptors (Lipinski definition) is 4. The van der Waals surface area contributed by atoms with Crippen molar-refractivity contribution in [3.05, 3.63) is 58.7 Å². The van der Waals surface area contributed by atoms with Crippen molar-refractivity contribution in [1.29, 1.82) is 0 Å². The molecule has 1 saturated heterocycles. The normalized spacial score (nSPS) is 15.9. The van der Waals surface area contributed by atoms with E-state index < -0.39 is 0 Å². The summed E-state index contributed by atoms with van der Waals surface area (Å²) in [7, 11) is 0. The Morgan fingerprint density at radius 3 is 2.61 bits per heavy atom. The number of nitrogens with zero attached hydrogens (tertiary/aromatic N) is 3. The summed E-state index contributed by atoms with van der Waals surface area (Å²) in [5, 5.41) is 10.3. The highest BCUT2D eigenvalue weighted by Gasteiger charge is 2.25. The fourth-order valence-corrected chi connectivity index (χ4v) is 3.63. The van der Waals surface area contributed by atoms with Gasteiger partial charge < -0.3 is 20.9 Å². The SMILES string of the molecule is CCNC(=O)c1ccc(CN=C(NCC)NC2CCN(c3ncccc3Cl)C2)cc1.I. The van der Waals surface area contributed by atoms with E-state index in [0.29, 0.717) is 23.7 Å². The molecule has 0 saturated carbocycles. The van der Waals surface area contributed by atoms with E-state index in [9.17, 15) is 4.79 Å². The molecule has 1 aromatic carbocycles. The number of nitrogens with one attached hydrogen (secondary N) is 3. The van der Waals surface area contributed by atoms with Gasteiger partial charge in [0.1, 0.15) is 5.82 Å². The second kappa shape index (κ2) is 12.7. The van der Waals surface area contributed by atoms with Gasteiger partial charge in [0.25, 0.3) is 5.91 Å². The maximum atomic E-state index is 11.9. The quantitative estimate of drug-likeness (QED) is 0.277. The van der Waals surface area contributed by atoms with Crippen molar-refractivity contribution in [1.82, 2.24) is 20.9 Å². The third kappa shape index (κ3) is 7.24. The summed E-state index contributed by atoms with van der Waals surface area (Å²) in [5.74, 6) is 1.56. The Bertz CT molecular complexity index is 877. The lowest BCUT2D eigenvalue weighted by molar-refractivity contribution is 0.0956. The summed E-state index contributed by atoms with van der Waals surface area (Å²) in [6, 6.07) is 11.5. The van der Waals surface area contributed by atoms with Crippen molar-refractivity contribution in [2.75, 3.05) is 31.1 Å². The van der Waals surface area contributed by atoms with Gasteiger partial charge in [0.15, 0.2) is 5.96 Å². The summed E-state index contributed by atoms with van der Waals surface area (Å²) in [6.07, 6.45) is 2.75. The molecule has 2 aromatic rings. The summed E-state index contributed by atoms with van der Waals surface area (Å²) >= 11 is 6.29. The number of carbonyl (C=O) groups is 1. The zero-order valence-electron chi connectivity index (χ0n) is 17.9. The van der Waals surface area contributed by atoms with Gasteiger partial charge in [-0.25, -0.2) is 9.98 Å². The Kier molecular flexibility index (Phi) is 10.3. The van der Waals surface area contributed by atoms with Gasteiger partial charge >= 0.3 is 0 Å². The van der Waals surface area contributed by atoms with Crippen molar-refractivity contribution in [3.8, 4) is 0 Å². The fourth-order valence-electron chi connectivity index (χ4n) is 3.39. The van der Waals surface area contributed by atoms with Crippen molar-refractivity contribution >= 4 is 53.3 Å². The molecule has 1 amide bonds. The lowest BCUT2D eigenvalue weighted by Gasteiger charge is -2.20. The number of anilines is 1. The van der Waals surface area contributed by atoms with Crippen LogP contribution in [0.1, 0.15) is 36.2 Å². The predicted molar refractivity (Wildman–Crippen MR) is 138 cm³/mol. The number of amides is 1. The van der Waals surface area contributed by atoms with Crippen LogP contribution in [0.5, 0.6) is 0 Å². The van der Waals surface area contributed by atoms with Gasteiger partial charge in [-0.3, -0.25) is 4.79 Å². The molecule has 0 radical (unpaired) electrons. The molecule has 7 nitrogen and oxygen atoms in total. The molecule has 1 atom stereocenters. The first-order valence-electron chi connectivity index (χ1n) is 10.4. The monoisotopic (exact) mass is 556 g/mol. The summed E-state index contributed by atoms with van der Waals surface area (Å²) in [5.41, 5.74) is 1.71. The number of carbonyl (C=O) groups excluding carboxylic acids is 1. The lowest BCUT2D eigenvalue weighted by atomic mass is 10.1. The Balaban J connectivity index is 0.00000341. The highest BCUT2D eigenvalue weighted by Crippen LogP contribution is 2.25. The fraction of sp³-hybridized carbons (Fsp3) is 0.409. The van der Waals surface area contributed by atoms with Crippen LogP contribution in [0.4, 0.5) is 5.82 Å². The van der Waals surface area contributed by atoms with Gasteiger partial charge in [-0.2, -0.15) is 0 Å². The van der Waals surface area contributed by atoms with Crippen molar-refractivity contribution < 1.29 is 4.79 Å². The molecule has 3 N–H and O–H groups in total.